The van der Waals surface area contributed by atoms with Gasteiger partial charge in [0.15, 0.2) is 6.61 Å². The fourth-order valence-electron chi connectivity index (χ4n) is 2.97. The fraction of sp³-hybridized carbons (Fsp3) is 0.455. The minimum absolute atomic E-state index is 0.0447. The maximum absolute atomic E-state index is 12.2. The summed E-state index contributed by atoms with van der Waals surface area (Å²) >= 11 is 0. The first-order chi connectivity index (χ1) is 12.4. The Bertz CT molecular complexity index is 719. The Morgan fingerprint density at radius 3 is 2.85 bits per heavy atom. The van der Waals surface area contributed by atoms with Gasteiger partial charge < -0.3 is 4.74 Å². The number of amides is 1. The summed E-state index contributed by atoms with van der Waals surface area (Å²) in [5, 5.41) is 4.31. The molecule has 1 aromatic rings. The predicted molar refractivity (Wildman–Crippen MR) is 108 cm³/mol. The van der Waals surface area contributed by atoms with Gasteiger partial charge in [0.2, 0.25) is 0 Å². The molecule has 2 unspecified atom stereocenters. The Balaban J connectivity index is 1.95. The van der Waals surface area contributed by atoms with E-state index in [-0.39, 0.29) is 12.5 Å². The number of carbonyl (C=O) groups excluding carboxylic acids is 1. The lowest BCUT2D eigenvalue weighted by Gasteiger charge is -2.22. The topological polar surface area (TPSA) is 50.7 Å². The summed E-state index contributed by atoms with van der Waals surface area (Å²) in [4.78, 5) is 12.2. The van der Waals surface area contributed by atoms with E-state index in [1.807, 2.05) is 32.0 Å². The zero-order valence-corrected chi connectivity index (χ0v) is 16.3. The second-order valence-corrected chi connectivity index (χ2v) is 7.10. The molecule has 1 aliphatic carbocycles. The Morgan fingerprint density at radius 2 is 2.15 bits per heavy atom. The normalized spacial score (nSPS) is 19.6. The van der Waals surface area contributed by atoms with Crippen LogP contribution in [0.25, 0.3) is 0 Å². The van der Waals surface area contributed by atoms with Crippen molar-refractivity contribution >= 4 is 11.6 Å². The first kappa shape index (κ1) is 20.0. The number of nitrogens with one attached hydrogen (secondary N) is 1. The van der Waals surface area contributed by atoms with Gasteiger partial charge in [0.05, 0.1) is 5.71 Å². The maximum Gasteiger partial charge on any atom is 0.277 e. The van der Waals surface area contributed by atoms with Crippen LogP contribution in [0.5, 0.6) is 5.75 Å². The molecule has 0 heterocycles. The van der Waals surface area contributed by atoms with Gasteiger partial charge in [-0.1, -0.05) is 50.3 Å². The molecule has 0 fully saturated rings. The van der Waals surface area contributed by atoms with Crippen molar-refractivity contribution in [2.45, 2.75) is 52.9 Å². The zero-order valence-electron chi connectivity index (χ0n) is 16.3. The summed E-state index contributed by atoms with van der Waals surface area (Å²) in [5.41, 5.74) is 6.94. The molecule has 26 heavy (non-hydrogen) atoms. The second kappa shape index (κ2) is 9.37. The van der Waals surface area contributed by atoms with Crippen molar-refractivity contribution in [3.05, 3.63) is 53.6 Å². The Labute approximate surface area is 157 Å². The Kier molecular flexibility index (Phi) is 7.19. The van der Waals surface area contributed by atoms with Crippen LogP contribution in [-0.4, -0.2) is 18.2 Å². The maximum atomic E-state index is 12.2. The van der Waals surface area contributed by atoms with Gasteiger partial charge in [0, 0.05) is 0 Å². The molecule has 2 atom stereocenters. The molecular formula is C22H30N2O2. The molecule has 0 saturated carbocycles. The van der Waals surface area contributed by atoms with E-state index in [0.717, 1.165) is 47.4 Å². The molecule has 0 saturated heterocycles. The van der Waals surface area contributed by atoms with Gasteiger partial charge in [-0.15, -0.1) is 0 Å². The molecule has 1 amide bonds. The van der Waals surface area contributed by atoms with Gasteiger partial charge in [-0.05, 0) is 62.1 Å². The molecule has 1 aromatic carbocycles. The first-order valence-corrected chi connectivity index (χ1v) is 9.32. The number of ether oxygens (including phenoxy) is 1. The van der Waals surface area contributed by atoms with Gasteiger partial charge in [0.25, 0.3) is 5.91 Å². The summed E-state index contributed by atoms with van der Waals surface area (Å²) in [7, 11) is 0. The predicted octanol–water partition coefficient (Wildman–Crippen LogP) is 4.98. The van der Waals surface area contributed by atoms with E-state index < -0.39 is 0 Å². The van der Waals surface area contributed by atoms with Crippen LogP contribution in [0.2, 0.25) is 0 Å². The third kappa shape index (κ3) is 5.32. The zero-order chi connectivity index (χ0) is 19.1. The van der Waals surface area contributed by atoms with Crippen LogP contribution in [0.3, 0.4) is 0 Å². The van der Waals surface area contributed by atoms with Crippen molar-refractivity contribution in [1.29, 1.82) is 0 Å². The van der Waals surface area contributed by atoms with Crippen LogP contribution < -0.4 is 10.2 Å². The molecule has 2 rings (SSSR count). The van der Waals surface area contributed by atoms with E-state index in [9.17, 15) is 4.79 Å². The second-order valence-electron chi connectivity index (χ2n) is 7.10. The number of allylic oxidation sites excluding steroid dienone is 3. The Morgan fingerprint density at radius 1 is 1.42 bits per heavy atom. The number of carbonyl (C=O) groups is 1. The van der Waals surface area contributed by atoms with Crippen LogP contribution in [0.1, 0.15) is 58.4 Å². The average Bonchev–Trinajstić information content (AvgIpc) is 2.65. The van der Waals surface area contributed by atoms with Crippen LogP contribution in [0.15, 0.2) is 53.2 Å². The number of rotatable bonds is 7. The van der Waals surface area contributed by atoms with Crippen molar-refractivity contribution in [3.8, 4) is 5.75 Å². The van der Waals surface area contributed by atoms with E-state index in [4.69, 9.17) is 4.74 Å². The third-order valence-electron chi connectivity index (χ3n) is 5.04. The van der Waals surface area contributed by atoms with Crippen molar-refractivity contribution < 1.29 is 9.53 Å². The van der Waals surface area contributed by atoms with Crippen molar-refractivity contribution in [3.63, 3.8) is 0 Å². The lowest BCUT2D eigenvalue weighted by atomic mass is 9.85. The van der Waals surface area contributed by atoms with Crippen LogP contribution >= 0.6 is 0 Å². The highest BCUT2D eigenvalue weighted by Gasteiger charge is 2.19. The number of para-hydroxylation sites is 1. The largest absolute Gasteiger partial charge is 0.483 e. The highest BCUT2D eigenvalue weighted by molar-refractivity contribution is 6.01. The number of benzene rings is 1. The number of hydrazone groups is 1. The van der Waals surface area contributed by atoms with E-state index in [1.54, 1.807) is 0 Å². The molecular weight excluding hydrogens is 324 g/mol. The number of hydrogen-bond acceptors (Lipinski definition) is 3. The van der Waals surface area contributed by atoms with E-state index in [2.05, 4.69) is 43.1 Å². The molecule has 0 aromatic heterocycles. The minimum Gasteiger partial charge on any atom is -0.483 e. The lowest BCUT2D eigenvalue weighted by molar-refractivity contribution is -0.123. The van der Waals surface area contributed by atoms with Crippen molar-refractivity contribution in [2.75, 3.05) is 6.61 Å². The highest BCUT2D eigenvalue weighted by atomic mass is 16.5. The standard InChI is InChI=1S/C22H30N2O2/c1-6-16(4)19-9-7-8-10-21(19)26-14-22(25)24-23-20-13-18(15(2)3)12-11-17(20)5/h7-11,16,18H,2,6,12-14H2,1,3-5H3,(H,24,25)/b23-20+. The van der Waals surface area contributed by atoms with E-state index in [1.165, 1.54) is 0 Å². The quantitative estimate of drug-likeness (QED) is 0.554. The smallest absolute Gasteiger partial charge is 0.277 e. The molecule has 1 aliphatic rings. The van der Waals surface area contributed by atoms with Gasteiger partial charge >= 0.3 is 0 Å². The van der Waals surface area contributed by atoms with Gasteiger partial charge in [-0.2, -0.15) is 5.10 Å². The van der Waals surface area contributed by atoms with Gasteiger partial charge in [0.1, 0.15) is 5.75 Å². The molecule has 1 N–H and O–H groups in total. The van der Waals surface area contributed by atoms with Gasteiger partial charge in [-0.25, -0.2) is 5.43 Å². The minimum atomic E-state index is -0.248. The highest BCUT2D eigenvalue weighted by Crippen LogP contribution is 2.28. The molecule has 0 spiro atoms. The monoisotopic (exact) mass is 354 g/mol. The van der Waals surface area contributed by atoms with Gasteiger partial charge in [-0.3, -0.25) is 4.79 Å². The fourth-order valence-corrected chi connectivity index (χ4v) is 2.97. The number of nitrogens with zero attached hydrogens (tertiary/aromatic N) is 1. The summed E-state index contributed by atoms with van der Waals surface area (Å²) in [6.07, 6.45) is 4.99. The van der Waals surface area contributed by atoms with Crippen molar-refractivity contribution in [1.82, 2.24) is 5.43 Å². The lowest BCUT2D eigenvalue weighted by Crippen LogP contribution is -2.27. The summed E-state index contributed by atoms with van der Waals surface area (Å²) in [6.45, 7) is 12.4. The molecule has 4 heteroatoms. The number of hydrogen-bond donors (Lipinski definition) is 1. The molecule has 0 bridgehead atoms. The van der Waals surface area contributed by atoms with Crippen LogP contribution in [0, 0.1) is 5.92 Å². The molecule has 0 radical (unpaired) electrons. The first-order valence-electron chi connectivity index (χ1n) is 9.32. The van der Waals surface area contributed by atoms with E-state index in [0.29, 0.717) is 11.8 Å². The Hall–Kier alpha value is -2.36. The molecule has 0 aliphatic heterocycles. The molecule has 140 valence electrons. The van der Waals surface area contributed by atoms with E-state index >= 15 is 0 Å². The average molecular weight is 354 g/mol. The summed E-state index contributed by atoms with van der Waals surface area (Å²) in [5.74, 6) is 1.30. The molecule has 4 nitrogen and oxygen atoms in total. The van der Waals surface area contributed by atoms with Crippen molar-refractivity contribution in [2.24, 2.45) is 11.0 Å². The summed E-state index contributed by atoms with van der Waals surface area (Å²) in [6, 6.07) is 7.88. The van der Waals surface area contributed by atoms with Crippen LogP contribution in [-0.2, 0) is 4.79 Å². The third-order valence-corrected chi connectivity index (χ3v) is 5.04. The summed E-state index contributed by atoms with van der Waals surface area (Å²) < 4.78 is 5.74. The SMILES string of the molecule is C=C(C)C1CC=C(C)/C(=N/NC(=O)COc2ccccc2C(C)CC)C1. The van der Waals surface area contributed by atoms with Crippen LogP contribution in [0.4, 0.5) is 0 Å².